The molecule has 216 valence electrons. The number of carbonyl (C=O) groups is 1. The van der Waals surface area contributed by atoms with E-state index < -0.39 is 35.7 Å². The van der Waals surface area contributed by atoms with Crippen LogP contribution in [0.5, 0.6) is 11.5 Å². The number of pyridine rings is 1. The number of nitrogens with zero attached hydrogens (tertiary/aromatic N) is 4. The summed E-state index contributed by atoms with van der Waals surface area (Å²) in [7, 11) is 2.96. The van der Waals surface area contributed by atoms with Crippen LogP contribution in [-0.4, -0.2) is 66.3 Å². The number of aryl methyl sites for hydroxylation is 1. The number of halogens is 3. The van der Waals surface area contributed by atoms with E-state index >= 15 is 0 Å². The van der Waals surface area contributed by atoms with Gasteiger partial charge in [-0.05, 0) is 56.2 Å². The van der Waals surface area contributed by atoms with E-state index in [9.17, 15) is 23.1 Å². The number of amides is 1. The number of aliphatic hydroxyl groups is 1. The fourth-order valence-electron chi connectivity index (χ4n) is 5.63. The monoisotopic (exact) mass is 568 g/mol. The summed E-state index contributed by atoms with van der Waals surface area (Å²) in [6.45, 7) is 3.83. The second-order valence-electron chi connectivity index (χ2n) is 10.3. The number of aliphatic hydroxyl groups excluding tert-OH is 1. The highest BCUT2D eigenvalue weighted by molar-refractivity contribution is 6.13. The number of hydrogen-bond donors (Lipinski definition) is 1. The topological polar surface area (TPSA) is 87.5 Å². The van der Waals surface area contributed by atoms with Crippen molar-refractivity contribution in [2.75, 3.05) is 32.2 Å². The first-order chi connectivity index (χ1) is 19.6. The van der Waals surface area contributed by atoms with Crippen LogP contribution >= 0.6 is 0 Å². The Morgan fingerprint density at radius 1 is 1.05 bits per heavy atom. The van der Waals surface area contributed by atoms with Crippen LogP contribution in [0.25, 0.3) is 0 Å². The van der Waals surface area contributed by atoms with Crippen LogP contribution in [0.2, 0.25) is 0 Å². The first-order valence-corrected chi connectivity index (χ1v) is 13.3. The number of para-hydroxylation sites is 1. The number of aliphatic imine (C=N–C) groups is 1. The normalized spacial score (nSPS) is 22.5. The molecule has 0 bridgehead atoms. The molecule has 2 aliphatic rings. The van der Waals surface area contributed by atoms with E-state index in [1.807, 2.05) is 0 Å². The van der Waals surface area contributed by atoms with Crippen molar-refractivity contribution in [1.82, 2.24) is 9.88 Å². The van der Waals surface area contributed by atoms with Gasteiger partial charge in [-0.15, -0.1) is 0 Å². The second-order valence-corrected chi connectivity index (χ2v) is 10.3. The van der Waals surface area contributed by atoms with Gasteiger partial charge in [-0.25, -0.2) is 13.2 Å². The molecule has 1 saturated heterocycles. The molecular weight excluding hydrogens is 537 g/mol. The molecule has 41 heavy (non-hydrogen) atoms. The van der Waals surface area contributed by atoms with Crippen LogP contribution in [-0.2, 0) is 4.79 Å². The highest BCUT2D eigenvalue weighted by Crippen LogP contribution is 2.43. The molecule has 8 nitrogen and oxygen atoms in total. The zero-order chi connectivity index (χ0) is 29.4. The van der Waals surface area contributed by atoms with E-state index in [1.54, 1.807) is 49.1 Å². The molecule has 1 fully saturated rings. The van der Waals surface area contributed by atoms with Gasteiger partial charge in [0, 0.05) is 30.6 Å². The molecular formula is C30H31F3N4O4. The minimum atomic E-state index is -1.42. The van der Waals surface area contributed by atoms with Gasteiger partial charge in [0.1, 0.15) is 52.6 Å². The predicted molar refractivity (Wildman–Crippen MR) is 147 cm³/mol. The van der Waals surface area contributed by atoms with Crippen LogP contribution in [0, 0.1) is 30.3 Å². The van der Waals surface area contributed by atoms with E-state index in [0.717, 1.165) is 12.3 Å². The Morgan fingerprint density at radius 2 is 1.76 bits per heavy atom. The van der Waals surface area contributed by atoms with Crippen molar-refractivity contribution >= 4 is 17.4 Å². The molecule has 4 unspecified atom stereocenters. The lowest BCUT2D eigenvalue weighted by Gasteiger charge is -2.42. The lowest BCUT2D eigenvalue weighted by Crippen LogP contribution is -2.57. The van der Waals surface area contributed by atoms with E-state index in [2.05, 4.69) is 4.98 Å². The molecule has 2 aromatic carbocycles. The summed E-state index contributed by atoms with van der Waals surface area (Å²) in [5, 5.41) is 11.9. The van der Waals surface area contributed by atoms with Gasteiger partial charge in [-0.1, -0.05) is 6.07 Å². The average Bonchev–Trinajstić information content (AvgIpc) is 3.44. The van der Waals surface area contributed by atoms with E-state index in [1.165, 1.54) is 25.2 Å². The molecule has 0 aliphatic carbocycles. The number of amidine groups is 1. The van der Waals surface area contributed by atoms with Crippen molar-refractivity contribution < 1.29 is 32.5 Å². The van der Waals surface area contributed by atoms with Crippen LogP contribution in [0.4, 0.5) is 18.9 Å². The number of hydrogen-bond acceptors (Lipinski definition) is 7. The molecule has 1 N–H and O–H groups in total. The van der Waals surface area contributed by atoms with Gasteiger partial charge < -0.3 is 19.5 Å². The van der Waals surface area contributed by atoms with Gasteiger partial charge in [-0.3, -0.25) is 19.7 Å². The number of ether oxygens (including phenoxy) is 2. The van der Waals surface area contributed by atoms with Gasteiger partial charge >= 0.3 is 0 Å². The molecule has 11 heteroatoms. The lowest BCUT2D eigenvalue weighted by atomic mass is 9.92. The van der Waals surface area contributed by atoms with E-state index in [-0.39, 0.29) is 24.0 Å². The number of aromatic nitrogens is 1. The Balaban J connectivity index is 1.54. The molecule has 0 spiro atoms. The van der Waals surface area contributed by atoms with E-state index in [4.69, 9.17) is 14.5 Å². The first kappa shape index (κ1) is 28.4. The zero-order valence-corrected chi connectivity index (χ0v) is 23.1. The number of rotatable bonds is 6. The standard InChI is InChI=1S/C30H31F3N4O4/c1-16-12-18(8-9-21(16)32)28-35-17(2)25(30(39)37(28)27-23(40-3)6-5-7-24(27)41-4)29(38)36-11-10-19(15-36)26-22(33)13-20(31)14-34-26/h5-9,12-14,17,19,25,30,39H,10-11,15H2,1-4H3. The third-order valence-electron chi connectivity index (χ3n) is 7.73. The summed E-state index contributed by atoms with van der Waals surface area (Å²) in [5.74, 6) is -2.65. The van der Waals surface area contributed by atoms with Gasteiger partial charge in [-0.2, -0.15) is 0 Å². The zero-order valence-electron chi connectivity index (χ0n) is 23.1. The van der Waals surface area contributed by atoms with Crippen LogP contribution < -0.4 is 14.4 Å². The second kappa shape index (κ2) is 11.4. The fourth-order valence-corrected chi connectivity index (χ4v) is 5.63. The molecule has 1 aromatic heterocycles. The van der Waals surface area contributed by atoms with Crippen LogP contribution in [0.3, 0.4) is 0 Å². The summed E-state index contributed by atoms with van der Waals surface area (Å²) in [5.41, 5.74) is 1.38. The Labute approximate surface area is 236 Å². The number of benzene rings is 2. The first-order valence-electron chi connectivity index (χ1n) is 13.3. The highest BCUT2D eigenvalue weighted by atomic mass is 19.1. The van der Waals surface area contributed by atoms with Crippen molar-refractivity contribution in [3.05, 3.63) is 82.9 Å². The fraction of sp³-hybridized carbons (Fsp3) is 0.367. The van der Waals surface area contributed by atoms with Crippen molar-refractivity contribution in [1.29, 1.82) is 0 Å². The summed E-state index contributed by atoms with van der Waals surface area (Å²) in [6, 6.07) is 9.75. The molecule has 3 heterocycles. The smallest absolute Gasteiger partial charge is 0.232 e. The lowest BCUT2D eigenvalue weighted by molar-refractivity contribution is -0.139. The maximum Gasteiger partial charge on any atom is 0.232 e. The minimum absolute atomic E-state index is 0.103. The molecule has 3 aromatic rings. The van der Waals surface area contributed by atoms with Gasteiger partial charge in [0.2, 0.25) is 5.91 Å². The van der Waals surface area contributed by atoms with Crippen molar-refractivity contribution in [3.8, 4) is 11.5 Å². The predicted octanol–water partition coefficient (Wildman–Crippen LogP) is 4.43. The Kier molecular flexibility index (Phi) is 7.90. The number of anilines is 1. The summed E-state index contributed by atoms with van der Waals surface area (Å²) in [6.07, 6.45) is -0.0199. The van der Waals surface area contributed by atoms with Crippen LogP contribution in [0.15, 0.2) is 53.7 Å². The summed E-state index contributed by atoms with van der Waals surface area (Å²) < 4.78 is 53.2. The Hall–Kier alpha value is -4.12. The van der Waals surface area contributed by atoms with Gasteiger partial charge in [0.25, 0.3) is 0 Å². The molecule has 4 atom stereocenters. The molecule has 0 radical (unpaired) electrons. The number of likely N-dealkylation sites (tertiary alicyclic amines) is 1. The maximum absolute atomic E-state index is 14.4. The van der Waals surface area contributed by atoms with E-state index in [0.29, 0.717) is 47.1 Å². The third-order valence-corrected chi connectivity index (χ3v) is 7.73. The Morgan fingerprint density at radius 3 is 2.39 bits per heavy atom. The summed E-state index contributed by atoms with van der Waals surface area (Å²) in [4.78, 5) is 25.8. The number of carbonyl (C=O) groups excluding carboxylic acids is 1. The van der Waals surface area contributed by atoms with Gasteiger partial charge in [0.05, 0.1) is 32.2 Å². The summed E-state index contributed by atoms with van der Waals surface area (Å²) >= 11 is 0. The average molecular weight is 569 g/mol. The molecule has 5 rings (SSSR count). The van der Waals surface area contributed by atoms with Crippen LogP contribution in [0.1, 0.15) is 36.1 Å². The van der Waals surface area contributed by atoms with Crippen molar-refractivity contribution in [3.63, 3.8) is 0 Å². The maximum atomic E-state index is 14.4. The molecule has 0 saturated carbocycles. The van der Waals surface area contributed by atoms with Crippen molar-refractivity contribution in [2.24, 2.45) is 10.9 Å². The Bertz CT molecular complexity index is 1480. The quantitative estimate of drug-likeness (QED) is 0.474. The SMILES string of the molecule is COc1cccc(OC)c1N1C(c2ccc(F)c(C)c2)=NC(C)C(C(=O)N2CCC(c3ncc(F)cc3F)C2)C1O. The minimum Gasteiger partial charge on any atom is -0.494 e. The highest BCUT2D eigenvalue weighted by Gasteiger charge is 2.46. The van der Waals surface area contributed by atoms with Crippen molar-refractivity contribution in [2.45, 2.75) is 38.5 Å². The molecule has 2 aliphatic heterocycles. The largest absolute Gasteiger partial charge is 0.494 e. The number of methoxy groups -OCH3 is 2. The third kappa shape index (κ3) is 5.21. The van der Waals surface area contributed by atoms with Gasteiger partial charge in [0.15, 0.2) is 0 Å². The molecule has 1 amide bonds.